The summed E-state index contributed by atoms with van der Waals surface area (Å²) in [6.45, 7) is 7.82. The van der Waals surface area contributed by atoms with Crippen LogP contribution >= 0.6 is 0 Å². The summed E-state index contributed by atoms with van der Waals surface area (Å²) >= 11 is 0. The van der Waals surface area contributed by atoms with Crippen molar-refractivity contribution in [2.45, 2.75) is 51.9 Å². The van der Waals surface area contributed by atoms with E-state index in [1.165, 1.54) is 6.07 Å². The molecule has 1 aromatic carbocycles. The Kier molecular flexibility index (Phi) is 6.69. The van der Waals surface area contributed by atoms with Crippen LogP contribution in [0.5, 0.6) is 0 Å². The Morgan fingerprint density at radius 2 is 1.79 bits per heavy atom. The van der Waals surface area contributed by atoms with Gasteiger partial charge in [0.1, 0.15) is 12.2 Å². The summed E-state index contributed by atoms with van der Waals surface area (Å²) < 4.78 is 39.3. The second kappa shape index (κ2) is 9.38. The minimum atomic E-state index is -2.91. The van der Waals surface area contributed by atoms with E-state index in [1.54, 1.807) is 27.2 Å². The van der Waals surface area contributed by atoms with Crippen molar-refractivity contribution < 1.29 is 18.3 Å². The van der Waals surface area contributed by atoms with Crippen LogP contribution in [0.3, 0.4) is 0 Å². The fraction of sp³-hybridized carbons (Fsp3) is 0.480. The number of nitrogens with zero attached hydrogens (tertiary/aromatic N) is 4. The molecule has 3 heterocycles. The van der Waals surface area contributed by atoms with E-state index < -0.39 is 5.92 Å². The number of nitrogens with one attached hydrogen (secondary N) is 1. The number of ether oxygens (including phenoxy) is 2. The first kappa shape index (κ1) is 24.2. The maximum Gasteiger partial charge on any atom is 0.270 e. The maximum atomic E-state index is 14.1. The molecule has 9 heteroatoms. The molecule has 1 aliphatic rings. The minimum absolute atomic E-state index is 0.0249. The minimum Gasteiger partial charge on any atom is -0.377 e. The standard InChI is InChI=1S/C25H31F2N5O2/c1-14-18(8-7-9-20(14)25(4,26)27)15(2)29-24-19-10-17(11-28-23(19)16(3)30-31-24)32-12-21(33-5)22(13-32)34-6/h7-11,15,21-22H,12-13H2,1-6H3,(H,29,31)/t15-,21-,22+/m1/s1. The fourth-order valence-corrected chi connectivity index (χ4v) is 4.72. The number of hydrogen-bond acceptors (Lipinski definition) is 7. The van der Waals surface area contributed by atoms with E-state index in [4.69, 9.17) is 9.47 Å². The maximum absolute atomic E-state index is 14.1. The van der Waals surface area contributed by atoms with Crippen molar-refractivity contribution in [1.82, 2.24) is 15.2 Å². The second-order valence-electron chi connectivity index (χ2n) is 8.95. The molecule has 0 saturated carbocycles. The molecule has 1 N–H and O–H groups in total. The molecule has 3 atom stereocenters. The third-order valence-corrected chi connectivity index (χ3v) is 6.63. The van der Waals surface area contributed by atoms with E-state index in [2.05, 4.69) is 25.4 Å². The largest absolute Gasteiger partial charge is 0.377 e. The Labute approximate surface area is 198 Å². The molecule has 0 radical (unpaired) electrons. The highest BCUT2D eigenvalue weighted by atomic mass is 19.3. The first-order valence-corrected chi connectivity index (χ1v) is 11.3. The molecule has 1 fully saturated rings. The van der Waals surface area contributed by atoms with Gasteiger partial charge in [-0.25, -0.2) is 8.78 Å². The molecule has 0 amide bonds. The molecule has 182 valence electrons. The number of halogens is 2. The van der Waals surface area contributed by atoms with Crippen LogP contribution in [0.2, 0.25) is 0 Å². The van der Waals surface area contributed by atoms with Gasteiger partial charge in [0.25, 0.3) is 5.92 Å². The van der Waals surface area contributed by atoms with Gasteiger partial charge in [0.05, 0.1) is 29.1 Å². The number of methoxy groups -OCH3 is 2. The number of benzene rings is 1. The van der Waals surface area contributed by atoms with Gasteiger partial charge in [-0.15, -0.1) is 5.10 Å². The lowest BCUT2D eigenvalue weighted by Crippen LogP contribution is -2.27. The van der Waals surface area contributed by atoms with Gasteiger partial charge in [0.15, 0.2) is 5.82 Å². The van der Waals surface area contributed by atoms with Crippen LogP contribution in [0.15, 0.2) is 30.5 Å². The number of rotatable bonds is 7. The van der Waals surface area contributed by atoms with Gasteiger partial charge < -0.3 is 19.7 Å². The van der Waals surface area contributed by atoms with E-state index in [0.717, 1.165) is 34.8 Å². The molecule has 2 aromatic heterocycles. The molecule has 0 unspecified atom stereocenters. The van der Waals surface area contributed by atoms with Crippen LogP contribution in [0.4, 0.5) is 20.3 Å². The molecule has 1 aliphatic heterocycles. The Morgan fingerprint density at radius 3 is 2.41 bits per heavy atom. The highest BCUT2D eigenvalue weighted by Crippen LogP contribution is 2.35. The highest BCUT2D eigenvalue weighted by molar-refractivity contribution is 5.92. The van der Waals surface area contributed by atoms with E-state index in [0.29, 0.717) is 24.5 Å². The SMILES string of the molecule is CO[C@H]1CN(c2cnc3c(C)nnc(N[C@H](C)c4cccc(C(C)(F)F)c4C)c3c2)C[C@H]1OC. The zero-order valence-electron chi connectivity index (χ0n) is 20.4. The summed E-state index contributed by atoms with van der Waals surface area (Å²) in [4.78, 5) is 6.84. The lowest BCUT2D eigenvalue weighted by Gasteiger charge is -2.22. The average Bonchev–Trinajstić information content (AvgIpc) is 3.23. The molecule has 1 saturated heterocycles. The molecular weight excluding hydrogens is 440 g/mol. The zero-order valence-corrected chi connectivity index (χ0v) is 20.4. The Balaban J connectivity index is 1.69. The van der Waals surface area contributed by atoms with Crippen LogP contribution in [0, 0.1) is 13.8 Å². The van der Waals surface area contributed by atoms with Gasteiger partial charge in [0, 0.05) is 45.2 Å². The molecule has 4 rings (SSSR count). The van der Waals surface area contributed by atoms with Gasteiger partial charge in [-0.1, -0.05) is 18.2 Å². The number of hydrogen-bond donors (Lipinski definition) is 1. The smallest absolute Gasteiger partial charge is 0.270 e. The van der Waals surface area contributed by atoms with Crippen LogP contribution < -0.4 is 10.2 Å². The summed E-state index contributed by atoms with van der Waals surface area (Å²) in [7, 11) is 3.37. The van der Waals surface area contributed by atoms with E-state index in [1.807, 2.05) is 32.2 Å². The molecule has 0 bridgehead atoms. The molecule has 0 spiro atoms. The quantitative estimate of drug-likeness (QED) is 0.532. The average molecular weight is 472 g/mol. The van der Waals surface area contributed by atoms with Crippen molar-refractivity contribution in [3.63, 3.8) is 0 Å². The van der Waals surface area contributed by atoms with Crippen LogP contribution in [-0.4, -0.2) is 54.7 Å². The van der Waals surface area contributed by atoms with E-state index in [-0.39, 0.29) is 23.8 Å². The van der Waals surface area contributed by atoms with Crippen LogP contribution in [0.25, 0.3) is 10.9 Å². The van der Waals surface area contributed by atoms with Gasteiger partial charge in [-0.3, -0.25) is 4.98 Å². The Hall–Kier alpha value is -2.91. The van der Waals surface area contributed by atoms with Gasteiger partial charge in [-0.2, -0.15) is 5.10 Å². The third kappa shape index (κ3) is 4.54. The number of anilines is 2. The highest BCUT2D eigenvalue weighted by Gasteiger charge is 2.33. The molecule has 3 aromatic rings. The van der Waals surface area contributed by atoms with Crippen molar-refractivity contribution in [3.8, 4) is 0 Å². The number of aromatic nitrogens is 3. The lowest BCUT2D eigenvalue weighted by atomic mass is 9.94. The van der Waals surface area contributed by atoms with E-state index in [9.17, 15) is 8.78 Å². The monoisotopic (exact) mass is 471 g/mol. The van der Waals surface area contributed by atoms with Crippen molar-refractivity contribution in [1.29, 1.82) is 0 Å². The molecule has 0 aliphatic carbocycles. The Bertz CT molecular complexity index is 1170. The van der Waals surface area contributed by atoms with Crippen LogP contribution in [-0.2, 0) is 15.4 Å². The van der Waals surface area contributed by atoms with Gasteiger partial charge >= 0.3 is 0 Å². The summed E-state index contributed by atoms with van der Waals surface area (Å²) in [6.07, 6.45) is 1.77. The summed E-state index contributed by atoms with van der Waals surface area (Å²) in [5.74, 6) is -2.36. The topological polar surface area (TPSA) is 72.4 Å². The second-order valence-corrected chi connectivity index (χ2v) is 8.95. The van der Waals surface area contributed by atoms with Crippen molar-refractivity contribution >= 4 is 22.4 Å². The number of alkyl halides is 2. The van der Waals surface area contributed by atoms with Crippen molar-refractivity contribution in [3.05, 3.63) is 52.8 Å². The number of aryl methyl sites for hydroxylation is 1. The predicted molar refractivity (Wildman–Crippen MR) is 129 cm³/mol. The van der Waals surface area contributed by atoms with Crippen molar-refractivity contribution in [2.75, 3.05) is 37.5 Å². The fourth-order valence-electron chi connectivity index (χ4n) is 4.72. The Morgan fingerprint density at radius 1 is 1.12 bits per heavy atom. The molecule has 7 nitrogen and oxygen atoms in total. The summed E-state index contributed by atoms with van der Waals surface area (Å²) in [5, 5.41) is 12.8. The predicted octanol–water partition coefficient (Wildman–Crippen LogP) is 4.78. The zero-order chi connectivity index (χ0) is 24.6. The summed E-state index contributed by atoms with van der Waals surface area (Å²) in [6, 6.07) is 6.76. The number of pyridine rings is 1. The lowest BCUT2D eigenvalue weighted by molar-refractivity contribution is -0.00461. The van der Waals surface area contributed by atoms with E-state index >= 15 is 0 Å². The normalized spacial score (nSPS) is 19.6. The molecular formula is C25H31F2N5O2. The van der Waals surface area contributed by atoms with Gasteiger partial charge in [0.2, 0.25) is 0 Å². The molecule has 34 heavy (non-hydrogen) atoms. The summed E-state index contributed by atoms with van der Waals surface area (Å²) in [5.41, 5.74) is 3.76. The number of fused-ring (bicyclic) bond motifs is 1. The third-order valence-electron chi connectivity index (χ3n) is 6.63. The van der Waals surface area contributed by atoms with Crippen LogP contribution in [0.1, 0.15) is 42.3 Å². The van der Waals surface area contributed by atoms with Gasteiger partial charge in [-0.05, 0) is 38.0 Å². The van der Waals surface area contributed by atoms with Crippen molar-refractivity contribution in [2.24, 2.45) is 0 Å². The first-order valence-electron chi connectivity index (χ1n) is 11.3. The first-order chi connectivity index (χ1) is 16.1.